The van der Waals surface area contributed by atoms with Gasteiger partial charge in [0.2, 0.25) is 15.9 Å². The third kappa shape index (κ3) is 5.39. The Morgan fingerprint density at radius 1 is 1.04 bits per heavy atom. The van der Waals surface area contributed by atoms with Crippen molar-refractivity contribution in [1.82, 2.24) is 4.90 Å². The molecule has 0 unspecified atom stereocenters. The lowest BCUT2D eigenvalue weighted by molar-refractivity contribution is -0.128. The van der Waals surface area contributed by atoms with Crippen LogP contribution in [0.2, 0.25) is 0 Å². The fourth-order valence-electron chi connectivity index (χ4n) is 2.71. The van der Waals surface area contributed by atoms with E-state index >= 15 is 0 Å². The first kappa shape index (κ1) is 21.6. The van der Waals surface area contributed by atoms with Gasteiger partial charge in [0, 0.05) is 13.6 Å². The Balaban J connectivity index is 2.22. The van der Waals surface area contributed by atoms with Crippen molar-refractivity contribution in [3.63, 3.8) is 0 Å². The summed E-state index contributed by atoms with van der Waals surface area (Å²) in [5.74, 6) is 0.791. The molecule has 152 valence electrons. The monoisotopic (exact) mass is 406 g/mol. The Labute approximate surface area is 166 Å². The van der Waals surface area contributed by atoms with E-state index in [2.05, 4.69) is 0 Å². The van der Waals surface area contributed by atoms with Crippen LogP contribution in [0.4, 0.5) is 5.69 Å². The quantitative estimate of drug-likeness (QED) is 0.673. The molecule has 0 bridgehead atoms. The number of rotatable bonds is 8. The van der Waals surface area contributed by atoms with Gasteiger partial charge in [-0.1, -0.05) is 18.2 Å². The summed E-state index contributed by atoms with van der Waals surface area (Å²) in [6.45, 7) is 1.89. The maximum Gasteiger partial charge on any atom is 0.243 e. The second-order valence-corrected chi connectivity index (χ2v) is 8.45. The fourth-order valence-corrected chi connectivity index (χ4v) is 3.56. The highest BCUT2D eigenvalue weighted by Crippen LogP contribution is 2.31. The topological polar surface area (TPSA) is 76.2 Å². The Morgan fingerprint density at radius 3 is 2.21 bits per heavy atom. The fraction of sp³-hybridized carbons (Fsp3) is 0.350. The normalized spacial score (nSPS) is 11.0. The van der Waals surface area contributed by atoms with Crippen molar-refractivity contribution in [2.24, 2.45) is 0 Å². The molecule has 2 rings (SSSR count). The molecule has 2 aromatic carbocycles. The van der Waals surface area contributed by atoms with Gasteiger partial charge in [-0.25, -0.2) is 8.42 Å². The molecule has 0 aliphatic carbocycles. The average molecular weight is 407 g/mol. The molecule has 0 N–H and O–H groups in total. The SMILES string of the molecule is COc1ccc(CN(C)C(=O)CN(c2cc(C)ccc2OC)S(C)(=O)=O)cc1. The molecule has 0 saturated heterocycles. The first-order valence-corrected chi connectivity index (χ1v) is 10.5. The molecule has 1 amide bonds. The molecule has 0 fully saturated rings. The van der Waals surface area contributed by atoms with Crippen molar-refractivity contribution < 1.29 is 22.7 Å². The zero-order chi connectivity index (χ0) is 20.9. The van der Waals surface area contributed by atoms with Crippen molar-refractivity contribution in [1.29, 1.82) is 0 Å². The van der Waals surface area contributed by atoms with Crippen molar-refractivity contribution in [3.05, 3.63) is 53.6 Å². The Morgan fingerprint density at radius 2 is 1.68 bits per heavy atom. The van der Waals surface area contributed by atoms with Crippen molar-refractivity contribution in [2.45, 2.75) is 13.5 Å². The lowest BCUT2D eigenvalue weighted by atomic mass is 10.2. The number of amides is 1. The van der Waals surface area contributed by atoms with Gasteiger partial charge < -0.3 is 14.4 Å². The summed E-state index contributed by atoms with van der Waals surface area (Å²) in [6.07, 6.45) is 1.07. The number of aryl methyl sites for hydroxylation is 1. The van der Waals surface area contributed by atoms with E-state index in [1.165, 1.54) is 12.0 Å². The van der Waals surface area contributed by atoms with Crippen LogP contribution < -0.4 is 13.8 Å². The minimum absolute atomic E-state index is 0.314. The molecule has 0 aromatic heterocycles. The number of methoxy groups -OCH3 is 2. The maximum absolute atomic E-state index is 12.7. The summed E-state index contributed by atoms with van der Waals surface area (Å²) >= 11 is 0. The lowest BCUT2D eigenvalue weighted by Gasteiger charge is -2.26. The highest BCUT2D eigenvalue weighted by Gasteiger charge is 2.25. The molecular formula is C20H26N2O5S. The van der Waals surface area contributed by atoms with Gasteiger partial charge in [0.15, 0.2) is 0 Å². The molecule has 7 nitrogen and oxygen atoms in total. The van der Waals surface area contributed by atoms with E-state index in [1.54, 1.807) is 26.3 Å². The number of hydrogen-bond donors (Lipinski definition) is 0. The predicted octanol–water partition coefficient (Wildman–Crippen LogP) is 2.44. The van der Waals surface area contributed by atoms with Crippen LogP contribution in [-0.2, 0) is 21.4 Å². The van der Waals surface area contributed by atoms with Crippen LogP contribution in [0.15, 0.2) is 42.5 Å². The van der Waals surface area contributed by atoms with Gasteiger partial charge in [0.05, 0.1) is 26.2 Å². The zero-order valence-corrected chi connectivity index (χ0v) is 17.6. The van der Waals surface area contributed by atoms with Crippen LogP contribution in [0.3, 0.4) is 0 Å². The van der Waals surface area contributed by atoms with Gasteiger partial charge in [-0.05, 0) is 42.3 Å². The highest BCUT2D eigenvalue weighted by molar-refractivity contribution is 7.92. The molecule has 0 spiro atoms. The van der Waals surface area contributed by atoms with Crippen LogP contribution in [0.5, 0.6) is 11.5 Å². The largest absolute Gasteiger partial charge is 0.497 e. The molecule has 28 heavy (non-hydrogen) atoms. The third-order valence-corrected chi connectivity index (χ3v) is 5.41. The minimum Gasteiger partial charge on any atom is -0.497 e. The van der Waals surface area contributed by atoms with Crippen LogP contribution in [0.25, 0.3) is 0 Å². The minimum atomic E-state index is -3.69. The first-order chi connectivity index (χ1) is 13.2. The number of carbonyl (C=O) groups excluding carboxylic acids is 1. The molecular weight excluding hydrogens is 380 g/mol. The van der Waals surface area contributed by atoms with E-state index < -0.39 is 10.0 Å². The van der Waals surface area contributed by atoms with Gasteiger partial charge >= 0.3 is 0 Å². The highest BCUT2D eigenvalue weighted by atomic mass is 32.2. The number of hydrogen-bond acceptors (Lipinski definition) is 5. The molecule has 0 radical (unpaired) electrons. The van der Waals surface area contributed by atoms with E-state index in [0.717, 1.165) is 27.4 Å². The van der Waals surface area contributed by atoms with Gasteiger partial charge in [-0.2, -0.15) is 0 Å². The van der Waals surface area contributed by atoms with Gasteiger partial charge in [-0.3, -0.25) is 9.10 Å². The van der Waals surface area contributed by atoms with Gasteiger partial charge in [-0.15, -0.1) is 0 Å². The molecule has 0 aliphatic heterocycles. The number of sulfonamides is 1. The standard InChI is InChI=1S/C20H26N2O5S/c1-15-6-11-19(27-4)18(12-15)22(28(5,24)25)14-20(23)21(2)13-16-7-9-17(26-3)10-8-16/h6-12H,13-14H2,1-5H3. The number of benzene rings is 2. The van der Waals surface area contributed by atoms with E-state index in [0.29, 0.717) is 18.0 Å². The maximum atomic E-state index is 12.7. The van der Waals surface area contributed by atoms with Gasteiger partial charge in [0.1, 0.15) is 18.0 Å². The summed E-state index contributed by atoms with van der Waals surface area (Å²) in [5, 5.41) is 0. The third-order valence-electron chi connectivity index (χ3n) is 4.29. The molecule has 2 aromatic rings. The molecule has 0 atom stereocenters. The van der Waals surface area contributed by atoms with E-state index in [4.69, 9.17) is 9.47 Å². The first-order valence-electron chi connectivity index (χ1n) is 8.65. The van der Waals surface area contributed by atoms with Crippen LogP contribution >= 0.6 is 0 Å². The molecule has 0 saturated carbocycles. The predicted molar refractivity (Wildman–Crippen MR) is 109 cm³/mol. The smallest absolute Gasteiger partial charge is 0.243 e. The molecule has 0 heterocycles. The number of nitrogens with zero attached hydrogens (tertiary/aromatic N) is 2. The van der Waals surface area contributed by atoms with E-state index in [9.17, 15) is 13.2 Å². The zero-order valence-electron chi connectivity index (χ0n) is 16.8. The van der Waals surface area contributed by atoms with E-state index in [-0.39, 0.29) is 12.5 Å². The second-order valence-electron chi connectivity index (χ2n) is 6.54. The number of ether oxygens (including phenoxy) is 2. The average Bonchev–Trinajstić information content (AvgIpc) is 2.65. The summed E-state index contributed by atoms with van der Waals surface area (Å²) in [7, 11) is 1.00. The molecule has 8 heteroatoms. The number of anilines is 1. The van der Waals surface area contributed by atoms with Crippen LogP contribution in [-0.4, -0.2) is 53.3 Å². The van der Waals surface area contributed by atoms with Gasteiger partial charge in [0.25, 0.3) is 0 Å². The van der Waals surface area contributed by atoms with Crippen molar-refractivity contribution in [2.75, 3.05) is 38.4 Å². The lowest BCUT2D eigenvalue weighted by Crippen LogP contribution is -2.41. The van der Waals surface area contributed by atoms with Crippen molar-refractivity contribution in [3.8, 4) is 11.5 Å². The Hall–Kier alpha value is -2.74. The molecule has 0 aliphatic rings. The summed E-state index contributed by atoms with van der Waals surface area (Å²) in [4.78, 5) is 14.2. The van der Waals surface area contributed by atoms with Crippen LogP contribution in [0, 0.1) is 6.92 Å². The Kier molecular flexibility index (Phi) is 6.90. The summed E-state index contributed by atoms with van der Waals surface area (Å²) < 4.78 is 36.3. The summed E-state index contributed by atoms with van der Waals surface area (Å²) in [6, 6.07) is 12.6. The van der Waals surface area contributed by atoms with Crippen LogP contribution in [0.1, 0.15) is 11.1 Å². The Bertz CT molecular complexity index is 926. The number of carbonyl (C=O) groups is 1. The second kappa shape index (κ2) is 8.97. The number of likely N-dealkylation sites (N-methyl/N-ethyl adjacent to an activating group) is 1. The van der Waals surface area contributed by atoms with Crippen molar-refractivity contribution >= 4 is 21.6 Å². The van der Waals surface area contributed by atoms with E-state index in [1.807, 2.05) is 37.3 Å². The summed E-state index contributed by atoms with van der Waals surface area (Å²) in [5.41, 5.74) is 2.12.